The number of halogens is 3. The van der Waals surface area contributed by atoms with Crippen molar-refractivity contribution in [2.45, 2.75) is 11.1 Å². The van der Waals surface area contributed by atoms with Crippen molar-refractivity contribution in [3.8, 4) is 28.1 Å². The fourth-order valence-electron chi connectivity index (χ4n) is 3.27. The second-order valence-electron chi connectivity index (χ2n) is 6.41. The van der Waals surface area contributed by atoms with E-state index in [0.29, 0.717) is 22.5 Å². The van der Waals surface area contributed by atoms with Crippen LogP contribution in [-0.4, -0.2) is 16.0 Å². The van der Waals surface area contributed by atoms with E-state index in [1.165, 1.54) is 4.68 Å². The molecule has 4 aromatic rings. The molecule has 0 aliphatic carbocycles. The van der Waals surface area contributed by atoms with Gasteiger partial charge in [0, 0.05) is 16.0 Å². The summed E-state index contributed by atoms with van der Waals surface area (Å²) < 4.78 is 43.4. The Morgan fingerprint density at radius 1 is 0.759 bits per heavy atom. The maximum Gasteiger partial charge on any atom is 0.435 e. The Labute approximate surface area is 171 Å². The van der Waals surface area contributed by atoms with Gasteiger partial charge in [-0.25, -0.2) is 4.68 Å². The van der Waals surface area contributed by atoms with Crippen LogP contribution in [0.1, 0.15) is 5.69 Å². The Balaban J connectivity index is 2.06. The van der Waals surface area contributed by atoms with Crippen LogP contribution in [0.3, 0.4) is 0 Å². The minimum absolute atomic E-state index is 0.0817. The lowest BCUT2D eigenvalue weighted by Gasteiger charge is -2.11. The quantitative estimate of drug-likeness (QED) is 0.339. The first-order chi connectivity index (χ1) is 14.0. The summed E-state index contributed by atoms with van der Waals surface area (Å²) in [5.41, 5.74) is 1.33. The largest absolute Gasteiger partial charge is 0.435 e. The molecule has 0 N–H and O–H groups in total. The number of aromatic nitrogens is 2. The molecule has 0 unspecified atom stereocenters. The van der Waals surface area contributed by atoms with Gasteiger partial charge >= 0.3 is 6.18 Å². The molecule has 2 nitrogen and oxygen atoms in total. The zero-order valence-electron chi connectivity index (χ0n) is 15.5. The Bertz CT molecular complexity index is 1100. The van der Waals surface area contributed by atoms with Crippen LogP contribution in [-0.2, 0) is 6.18 Å². The van der Waals surface area contributed by atoms with E-state index >= 15 is 0 Å². The molecule has 0 fully saturated rings. The van der Waals surface area contributed by atoms with Crippen LogP contribution in [0, 0.1) is 0 Å². The molecule has 3 aromatic carbocycles. The van der Waals surface area contributed by atoms with Gasteiger partial charge in [0.1, 0.15) is 0 Å². The molecule has 0 atom stereocenters. The molecule has 0 radical (unpaired) electrons. The third-order valence-electron chi connectivity index (χ3n) is 4.58. The fourth-order valence-corrected chi connectivity index (χ4v) is 3.68. The van der Waals surface area contributed by atoms with E-state index in [-0.39, 0.29) is 5.56 Å². The van der Waals surface area contributed by atoms with E-state index in [0.717, 1.165) is 4.90 Å². The topological polar surface area (TPSA) is 17.8 Å². The van der Waals surface area contributed by atoms with Gasteiger partial charge < -0.3 is 0 Å². The highest BCUT2D eigenvalue weighted by Crippen LogP contribution is 2.43. The van der Waals surface area contributed by atoms with Gasteiger partial charge in [-0.2, -0.15) is 18.3 Å². The summed E-state index contributed by atoms with van der Waals surface area (Å²) in [4.78, 5) is 1.03. The van der Waals surface area contributed by atoms with Gasteiger partial charge in [0.15, 0.2) is 5.69 Å². The molecule has 0 aliphatic heterocycles. The lowest BCUT2D eigenvalue weighted by molar-refractivity contribution is -0.140. The normalized spacial score (nSPS) is 11.6. The van der Waals surface area contributed by atoms with E-state index in [9.17, 15) is 13.2 Å². The molecular weight excluding hydrogens is 393 g/mol. The van der Waals surface area contributed by atoms with Crippen molar-refractivity contribution in [2.24, 2.45) is 0 Å². The van der Waals surface area contributed by atoms with E-state index in [1.54, 1.807) is 66.4 Å². The molecule has 4 rings (SSSR count). The van der Waals surface area contributed by atoms with Crippen LogP contribution in [0.15, 0.2) is 89.8 Å². The Morgan fingerprint density at radius 2 is 1.31 bits per heavy atom. The highest BCUT2D eigenvalue weighted by molar-refractivity contribution is 7.98. The molecule has 0 saturated carbocycles. The van der Waals surface area contributed by atoms with E-state index in [2.05, 4.69) is 5.10 Å². The third-order valence-corrected chi connectivity index (χ3v) is 5.32. The summed E-state index contributed by atoms with van der Waals surface area (Å²) in [6.07, 6.45) is -2.63. The first kappa shape index (κ1) is 19.3. The van der Waals surface area contributed by atoms with Crippen LogP contribution >= 0.6 is 11.8 Å². The van der Waals surface area contributed by atoms with Crippen molar-refractivity contribution in [3.05, 3.63) is 90.6 Å². The lowest BCUT2D eigenvalue weighted by atomic mass is 9.98. The zero-order valence-corrected chi connectivity index (χ0v) is 16.3. The average Bonchev–Trinajstić information content (AvgIpc) is 3.16. The van der Waals surface area contributed by atoms with Crippen molar-refractivity contribution in [1.29, 1.82) is 0 Å². The minimum Gasteiger partial charge on any atom is -0.232 e. The van der Waals surface area contributed by atoms with Crippen LogP contribution in [0.5, 0.6) is 0 Å². The van der Waals surface area contributed by atoms with Crippen LogP contribution in [0.25, 0.3) is 28.1 Å². The summed E-state index contributed by atoms with van der Waals surface area (Å²) >= 11 is 1.57. The van der Waals surface area contributed by atoms with Crippen molar-refractivity contribution in [2.75, 3.05) is 6.26 Å². The van der Waals surface area contributed by atoms with Crippen molar-refractivity contribution >= 4 is 11.8 Å². The van der Waals surface area contributed by atoms with Crippen molar-refractivity contribution < 1.29 is 13.2 Å². The Hall–Kier alpha value is -2.99. The maximum absolute atomic E-state index is 14.0. The summed E-state index contributed by atoms with van der Waals surface area (Å²) in [6, 6.07) is 25.0. The first-order valence-corrected chi connectivity index (χ1v) is 10.2. The van der Waals surface area contributed by atoms with Gasteiger partial charge in [-0.15, -0.1) is 11.8 Å². The van der Waals surface area contributed by atoms with Crippen molar-refractivity contribution in [3.63, 3.8) is 0 Å². The van der Waals surface area contributed by atoms with Gasteiger partial charge in [-0.05, 0) is 36.1 Å². The average molecular weight is 410 g/mol. The number of thioether (sulfide) groups is 1. The minimum atomic E-state index is -4.58. The molecule has 6 heteroatoms. The monoisotopic (exact) mass is 410 g/mol. The molecule has 0 bridgehead atoms. The summed E-state index contributed by atoms with van der Waals surface area (Å²) in [6.45, 7) is 0. The van der Waals surface area contributed by atoms with Crippen LogP contribution < -0.4 is 0 Å². The molecule has 29 heavy (non-hydrogen) atoms. The van der Waals surface area contributed by atoms with Crippen molar-refractivity contribution in [1.82, 2.24) is 9.78 Å². The number of benzene rings is 3. The van der Waals surface area contributed by atoms with Crippen LogP contribution in [0.2, 0.25) is 0 Å². The number of nitrogens with zero attached hydrogens (tertiary/aromatic N) is 2. The standard InChI is InChI=1S/C23H17F3N2S/c1-29-19-14-12-18(13-15-19)28-21(17-10-6-3-7-11-17)20(16-8-4-2-5-9-16)22(27-28)23(24,25)26/h2-15H,1H3. The van der Waals surface area contributed by atoms with Gasteiger partial charge in [0.25, 0.3) is 0 Å². The molecule has 146 valence electrons. The highest BCUT2D eigenvalue weighted by atomic mass is 32.2. The second-order valence-corrected chi connectivity index (χ2v) is 7.29. The predicted octanol–water partition coefficient (Wildman–Crippen LogP) is 6.95. The van der Waals surface area contributed by atoms with E-state index in [1.807, 2.05) is 36.6 Å². The molecule has 1 heterocycles. The molecule has 1 aromatic heterocycles. The SMILES string of the molecule is CSc1ccc(-n2nc(C(F)(F)F)c(-c3ccccc3)c2-c2ccccc2)cc1. The Morgan fingerprint density at radius 3 is 1.83 bits per heavy atom. The fraction of sp³-hybridized carbons (Fsp3) is 0.0870. The number of hydrogen-bond acceptors (Lipinski definition) is 2. The van der Waals surface area contributed by atoms with Crippen LogP contribution in [0.4, 0.5) is 13.2 Å². The molecule has 0 saturated heterocycles. The maximum atomic E-state index is 14.0. The second kappa shape index (κ2) is 7.79. The Kier molecular flexibility index (Phi) is 5.20. The molecule has 0 aliphatic rings. The third kappa shape index (κ3) is 3.80. The smallest absolute Gasteiger partial charge is 0.232 e. The van der Waals surface area contributed by atoms with Gasteiger partial charge in [0.2, 0.25) is 0 Å². The van der Waals surface area contributed by atoms with Gasteiger partial charge in [-0.3, -0.25) is 0 Å². The summed E-state index contributed by atoms with van der Waals surface area (Å²) in [7, 11) is 0. The van der Waals surface area contributed by atoms with E-state index in [4.69, 9.17) is 0 Å². The van der Waals surface area contributed by atoms with E-state index < -0.39 is 11.9 Å². The lowest BCUT2D eigenvalue weighted by Crippen LogP contribution is -2.08. The molecule has 0 spiro atoms. The number of rotatable bonds is 4. The first-order valence-electron chi connectivity index (χ1n) is 8.94. The van der Waals surface area contributed by atoms with Gasteiger partial charge in [-0.1, -0.05) is 60.7 Å². The zero-order chi connectivity index (χ0) is 20.4. The molecular formula is C23H17F3N2S. The summed E-state index contributed by atoms with van der Waals surface area (Å²) in [5.74, 6) is 0. The predicted molar refractivity (Wildman–Crippen MR) is 111 cm³/mol. The number of hydrogen-bond donors (Lipinski definition) is 0. The van der Waals surface area contributed by atoms with Gasteiger partial charge in [0.05, 0.1) is 11.4 Å². The molecule has 0 amide bonds. The summed E-state index contributed by atoms with van der Waals surface area (Å²) in [5, 5.41) is 4.04. The number of alkyl halides is 3. The highest BCUT2D eigenvalue weighted by Gasteiger charge is 2.40.